The molecule has 0 heterocycles. The van der Waals surface area contributed by atoms with E-state index in [1.165, 1.54) is 5.56 Å². The molecular formula is C18H23N3O. The summed E-state index contributed by atoms with van der Waals surface area (Å²) in [4.78, 5) is 4.37. The zero-order valence-corrected chi connectivity index (χ0v) is 13.1. The summed E-state index contributed by atoms with van der Waals surface area (Å²) in [6, 6.07) is 17.8. The molecular weight excluding hydrogens is 274 g/mol. The Morgan fingerprint density at radius 3 is 2.64 bits per heavy atom. The Morgan fingerprint density at radius 1 is 1.18 bits per heavy atom. The summed E-state index contributed by atoms with van der Waals surface area (Å²) in [6.07, 6.45) is 0.883. The van der Waals surface area contributed by atoms with E-state index < -0.39 is 0 Å². The second-order valence-electron chi connectivity index (χ2n) is 5.18. The fourth-order valence-electron chi connectivity index (χ4n) is 2.04. The molecule has 22 heavy (non-hydrogen) atoms. The second kappa shape index (κ2) is 8.08. The van der Waals surface area contributed by atoms with Crippen LogP contribution in [-0.2, 0) is 0 Å². The Balaban J connectivity index is 1.91. The van der Waals surface area contributed by atoms with Gasteiger partial charge in [0.05, 0.1) is 6.54 Å². The average molecular weight is 297 g/mol. The Labute approximate surface area is 132 Å². The van der Waals surface area contributed by atoms with Crippen molar-refractivity contribution in [3.8, 4) is 5.75 Å². The predicted molar refractivity (Wildman–Crippen MR) is 92.4 cm³/mol. The minimum absolute atomic E-state index is 0.0120. The van der Waals surface area contributed by atoms with E-state index in [0.717, 1.165) is 17.9 Å². The van der Waals surface area contributed by atoms with Gasteiger partial charge in [0.1, 0.15) is 11.9 Å². The van der Waals surface area contributed by atoms with Crippen molar-refractivity contribution in [2.24, 2.45) is 10.7 Å². The monoisotopic (exact) mass is 297 g/mol. The first kappa shape index (κ1) is 15.9. The van der Waals surface area contributed by atoms with E-state index in [1.807, 2.05) is 61.5 Å². The van der Waals surface area contributed by atoms with Gasteiger partial charge in [0, 0.05) is 5.69 Å². The van der Waals surface area contributed by atoms with Crippen LogP contribution in [0.2, 0.25) is 0 Å². The van der Waals surface area contributed by atoms with Gasteiger partial charge >= 0.3 is 0 Å². The summed E-state index contributed by atoms with van der Waals surface area (Å²) in [5.41, 5.74) is 8.02. The van der Waals surface area contributed by atoms with Gasteiger partial charge in [-0.25, -0.2) is 4.99 Å². The zero-order valence-electron chi connectivity index (χ0n) is 13.1. The zero-order chi connectivity index (χ0) is 15.8. The molecule has 0 saturated carbocycles. The summed E-state index contributed by atoms with van der Waals surface area (Å²) in [6.45, 7) is 4.65. The number of anilines is 1. The van der Waals surface area contributed by atoms with Crippen molar-refractivity contribution < 1.29 is 4.74 Å². The first-order valence-corrected chi connectivity index (χ1v) is 7.52. The summed E-state index contributed by atoms with van der Waals surface area (Å²) >= 11 is 0. The highest BCUT2D eigenvalue weighted by Crippen LogP contribution is 2.15. The van der Waals surface area contributed by atoms with Gasteiger partial charge in [0.25, 0.3) is 0 Å². The number of nitrogens with two attached hydrogens (primary N) is 1. The molecule has 1 unspecified atom stereocenters. The number of rotatable bonds is 6. The maximum absolute atomic E-state index is 5.95. The van der Waals surface area contributed by atoms with E-state index in [1.54, 1.807) is 0 Å². The van der Waals surface area contributed by atoms with E-state index in [2.05, 4.69) is 17.2 Å². The van der Waals surface area contributed by atoms with Gasteiger partial charge in [-0.05, 0) is 43.2 Å². The molecule has 4 heteroatoms. The van der Waals surface area contributed by atoms with Crippen LogP contribution in [0.4, 0.5) is 5.69 Å². The van der Waals surface area contributed by atoms with Gasteiger partial charge in [-0.1, -0.05) is 37.3 Å². The highest BCUT2D eigenvalue weighted by Gasteiger charge is 2.08. The number of para-hydroxylation sites is 1. The third-order valence-electron chi connectivity index (χ3n) is 3.26. The van der Waals surface area contributed by atoms with Gasteiger partial charge in [0.2, 0.25) is 0 Å². The number of aliphatic imine (C=N–C) groups is 1. The number of ether oxygens (including phenoxy) is 1. The van der Waals surface area contributed by atoms with Crippen LogP contribution in [-0.4, -0.2) is 18.6 Å². The molecule has 0 aliphatic heterocycles. The number of hydrogen-bond donors (Lipinski definition) is 2. The lowest BCUT2D eigenvalue weighted by Gasteiger charge is -2.16. The number of nitrogens with zero attached hydrogens (tertiary/aromatic N) is 1. The van der Waals surface area contributed by atoms with Gasteiger partial charge in [-0.15, -0.1) is 0 Å². The van der Waals surface area contributed by atoms with Crippen LogP contribution in [0.1, 0.15) is 18.9 Å². The van der Waals surface area contributed by atoms with Gasteiger partial charge in [0.15, 0.2) is 5.96 Å². The molecule has 116 valence electrons. The number of benzene rings is 2. The minimum Gasteiger partial charge on any atom is -0.489 e. The Hall–Kier alpha value is -2.49. The molecule has 3 N–H and O–H groups in total. The number of nitrogens with one attached hydrogen (secondary N) is 1. The summed E-state index contributed by atoms with van der Waals surface area (Å²) in [7, 11) is 0. The van der Waals surface area contributed by atoms with Crippen molar-refractivity contribution in [1.29, 1.82) is 0 Å². The third-order valence-corrected chi connectivity index (χ3v) is 3.26. The van der Waals surface area contributed by atoms with E-state index in [4.69, 9.17) is 10.5 Å². The van der Waals surface area contributed by atoms with E-state index in [0.29, 0.717) is 12.5 Å². The molecule has 4 nitrogen and oxygen atoms in total. The van der Waals surface area contributed by atoms with Crippen LogP contribution in [0.5, 0.6) is 5.75 Å². The smallest absolute Gasteiger partial charge is 0.193 e. The topological polar surface area (TPSA) is 59.6 Å². The summed E-state index contributed by atoms with van der Waals surface area (Å²) < 4.78 is 5.95. The molecule has 1 atom stereocenters. The Bertz CT molecular complexity index is 611. The molecule has 2 aromatic carbocycles. The van der Waals surface area contributed by atoms with Crippen LogP contribution in [0.15, 0.2) is 59.6 Å². The maximum Gasteiger partial charge on any atom is 0.193 e. The minimum atomic E-state index is 0.0120. The summed E-state index contributed by atoms with van der Waals surface area (Å²) in [5.74, 6) is 1.27. The largest absolute Gasteiger partial charge is 0.489 e. The van der Waals surface area contributed by atoms with Crippen LogP contribution in [0.25, 0.3) is 0 Å². The average Bonchev–Trinajstić information content (AvgIpc) is 2.52. The molecule has 0 radical (unpaired) electrons. The van der Waals surface area contributed by atoms with Gasteiger partial charge in [-0.3, -0.25) is 0 Å². The molecule has 2 aromatic rings. The molecule has 0 amide bonds. The Morgan fingerprint density at radius 2 is 1.95 bits per heavy atom. The molecule has 0 saturated heterocycles. The lowest BCUT2D eigenvalue weighted by atomic mass is 10.2. The predicted octanol–water partition coefficient (Wildman–Crippen LogP) is 3.58. The van der Waals surface area contributed by atoms with Crippen LogP contribution < -0.4 is 15.8 Å². The van der Waals surface area contributed by atoms with E-state index in [9.17, 15) is 0 Å². The molecule has 0 spiro atoms. The molecule has 2 rings (SSSR count). The second-order valence-corrected chi connectivity index (χ2v) is 5.18. The lowest BCUT2D eigenvalue weighted by Crippen LogP contribution is -2.26. The van der Waals surface area contributed by atoms with Crippen LogP contribution in [0, 0.1) is 6.92 Å². The van der Waals surface area contributed by atoms with E-state index >= 15 is 0 Å². The first-order chi connectivity index (χ1) is 10.7. The van der Waals surface area contributed by atoms with Crippen LogP contribution in [0.3, 0.4) is 0 Å². The van der Waals surface area contributed by atoms with E-state index in [-0.39, 0.29) is 6.10 Å². The third kappa shape index (κ3) is 5.13. The molecule has 0 fully saturated rings. The van der Waals surface area contributed by atoms with Crippen molar-refractivity contribution >= 4 is 11.6 Å². The van der Waals surface area contributed by atoms with Crippen LogP contribution >= 0.6 is 0 Å². The maximum atomic E-state index is 5.95. The first-order valence-electron chi connectivity index (χ1n) is 7.52. The van der Waals surface area contributed by atoms with Gasteiger partial charge in [-0.2, -0.15) is 0 Å². The normalized spacial score (nSPS) is 12.7. The van der Waals surface area contributed by atoms with Crippen molar-refractivity contribution in [3.63, 3.8) is 0 Å². The lowest BCUT2D eigenvalue weighted by molar-refractivity contribution is 0.205. The van der Waals surface area contributed by atoms with Crippen molar-refractivity contribution in [3.05, 3.63) is 60.2 Å². The number of guanidine groups is 1. The molecule has 0 aliphatic rings. The highest BCUT2D eigenvalue weighted by atomic mass is 16.5. The fraction of sp³-hybridized carbons (Fsp3) is 0.278. The van der Waals surface area contributed by atoms with Crippen molar-refractivity contribution in [2.75, 3.05) is 11.9 Å². The summed E-state index contributed by atoms with van der Waals surface area (Å²) in [5, 5.41) is 3.07. The Kier molecular flexibility index (Phi) is 5.83. The van der Waals surface area contributed by atoms with Crippen molar-refractivity contribution in [2.45, 2.75) is 26.4 Å². The SMILES string of the molecule is CCC(CN=C(N)Nc1ccccc1)Oc1cccc(C)c1. The molecule has 0 bridgehead atoms. The number of hydrogen-bond acceptors (Lipinski definition) is 2. The fourth-order valence-corrected chi connectivity index (χ4v) is 2.04. The molecule has 0 aliphatic carbocycles. The molecule has 0 aromatic heterocycles. The quantitative estimate of drug-likeness (QED) is 0.633. The van der Waals surface area contributed by atoms with Crippen molar-refractivity contribution in [1.82, 2.24) is 0 Å². The standard InChI is InChI=1S/C18H23N3O/c1-3-16(22-17-11-7-8-14(2)12-17)13-20-18(19)21-15-9-5-4-6-10-15/h4-12,16H,3,13H2,1-2H3,(H3,19,20,21). The number of aryl methyl sites for hydroxylation is 1. The highest BCUT2D eigenvalue weighted by molar-refractivity contribution is 5.92. The van der Waals surface area contributed by atoms with Gasteiger partial charge < -0.3 is 15.8 Å².